The highest BCUT2D eigenvalue weighted by atomic mass is 32.2. The lowest BCUT2D eigenvalue weighted by molar-refractivity contribution is -0.114. The van der Waals surface area contributed by atoms with Crippen LogP contribution in [0.4, 0.5) is 0 Å². The first-order valence-corrected chi connectivity index (χ1v) is 10.6. The summed E-state index contributed by atoms with van der Waals surface area (Å²) in [4.78, 5) is 25.4. The molecule has 1 amide bonds. The Hall–Kier alpha value is -2.81. The van der Waals surface area contributed by atoms with Crippen LogP contribution in [0.2, 0.25) is 0 Å². The summed E-state index contributed by atoms with van der Waals surface area (Å²) in [6, 6.07) is 1.62. The third-order valence-electron chi connectivity index (χ3n) is 5.14. The molecule has 1 aromatic rings. The maximum Gasteiger partial charge on any atom is 0.260 e. The highest BCUT2D eigenvalue weighted by molar-refractivity contribution is 7.91. The van der Waals surface area contributed by atoms with Gasteiger partial charge < -0.3 is 20.9 Å². The standard InChI is InChI=1S/C18H20N4O4S/c1-22-6-4-9-11(8-27(2,25)26)13(17(19)23)10-7-21-12-3-5-20-16(14(10)12)15(9)18(22)24/h4,6-7,12,20-21H,3,5,8H2,1-2H3,(H2,19,23). The number of nitrogens with one attached hydrogen (secondary N) is 2. The average Bonchev–Trinajstić information content (AvgIpc) is 2.94. The smallest absolute Gasteiger partial charge is 0.260 e. The van der Waals surface area contributed by atoms with Gasteiger partial charge in [-0.3, -0.25) is 9.59 Å². The van der Waals surface area contributed by atoms with E-state index in [-0.39, 0.29) is 28.5 Å². The van der Waals surface area contributed by atoms with Crippen molar-refractivity contribution in [1.29, 1.82) is 0 Å². The van der Waals surface area contributed by atoms with Crippen molar-refractivity contribution in [1.82, 2.24) is 15.2 Å². The number of rotatable bonds is 3. The molecule has 1 atom stereocenters. The largest absolute Gasteiger partial charge is 0.384 e. The summed E-state index contributed by atoms with van der Waals surface area (Å²) in [5.74, 6) is -1.10. The highest BCUT2D eigenvalue weighted by Gasteiger charge is 2.39. The first kappa shape index (κ1) is 17.6. The van der Waals surface area contributed by atoms with Gasteiger partial charge in [0.05, 0.1) is 28.6 Å². The molecule has 0 bridgehead atoms. The van der Waals surface area contributed by atoms with E-state index in [0.717, 1.165) is 18.2 Å². The van der Waals surface area contributed by atoms with Gasteiger partial charge in [-0.2, -0.15) is 0 Å². The summed E-state index contributed by atoms with van der Waals surface area (Å²) in [5.41, 5.74) is 8.66. The van der Waals surface area contributed by atoms with Crippen molar-refractivity contribution in [2.45, 2.75) is 12.5 Å². The molecule has 0 radical (unpaired) electrons. The monoisotopic (exact) mass is 388 g/mol. The molecular formula is C18H20N4O4S. The Kier molecular flexibility index (Phi) is 3.81. The molecule has 2 aliphatic heterocycles. The fraction of sp³-hybridized carbons (Fsp3) is 0.333. The van der Waals surface area contributed by atoms with Crippen LogP contribution in [-0.4, -0.2) is 43.5 Å². The second-order valence-electron chi connectivity index (χ2n) is 7.09. The summed E-state index contributed by atoms with van der Waals surface area (Å²) in [6.07, 6.45) is 5.14. The lowest BCUT2D eigenvalue weighted by Crippen LogP contribution is -2.36. The van der Waals surface area contributed by atoms with E-state index in [4.69, 9.17) is 5.73 Å². The van der Waals surface area contributed by atoms with Gasteiger partial charge in [0.2, 0.25) is 5.91 Å². The van der Waals surface area contributed by atoms with Crippen LogP contribution in [-0.2, 0) is 21.7 Å². The van der Waals surface area contributed by atoms with Crippen molar-refractivity contribution in [3.05, 3.63) is 56.7 Å². The minimum atomic E-state index is -3.48. The summed E-state index contributed by atoms with van der Waals surface area (Å²) in [6.45, 7) is 0.655. The number of carbonyl (C=O) groups is 1. The lowest BCUT2D eigenvalue weighted by atomic mass is 9.90. The van der Waals surface area contributed by atoms with E-state index in [2.05, 4.69) is 10.6 Å². The van der Waals surface area contributed by atoms with Crippen LogP contribution in [0, 0.1) is 0 Å². The fourth-order valence-electron chi connectivity index (χ4n) is 4.05. The van der Waals surface area contributed by atoms with Gasteiger partial charge in [0.15, 0.2) is 9.84 Å². The van der Waals surface area contributed by atoms with Crippen LogP contribution in [0.1, 0.15) is 17.5 Å². The van der Waals surface area contributed by atoms with E-state index >= 15 is 0 Å². The summed E-state index contributed by atoms with van der Waals surface area (Å²) in [5, 5.41) is 6.52. The molecule has 0 saturated carbocycles. The Labute approximate surface area is 156 Å². The zero-order valence-electron chi connectivity index (χ0n) is 15.0. The third-order valence-corrected chi connectivity index (χ3v) is 5.95. The summed E-state index contributed by atoms with van der Waals surface area (Å²) >= 11 is 0. The molecular weight excluding hydrogens is 368 g/mol. The molecule has 0 fully saturated rings. The quantitative estimate of drug-likeness (QED) is 0.626. The van der Waals surface area contributed by atoms with Gasteiger partial charge in [-0.1, -0.05) is 0 Å². The number of amides is 1. The third kappa shape index (κ3) is 2.69. The molecule has 8 nitrogen and oxygen atoms in total. The molecule has 27 heavy (non-hydrogen) atoms. The van der Waals surface area contributed by atoms with Gasteiger partial charge >= 0.3 is 0 Å². The summed E-state index contributed by atoms with van der Waals surface area (Å²) < 4.78 is 25.7. The fourth-order valence-corrected chi connectivity index (χ4v) is 4.87. The highest BCUT2D eigenvalue weighted by Crippen LogP contribution is 2.42. The van der Waals surface area contributed by atoms with Crippen molar-refractivity contribution in [2.75, 3.05) is 18.6 Å². The van der Waals surface area contributed by atoms with Gasteiger partial charge in [0, 0.05) is 43.4 Å². The second-order valence-corrected chi connectivity index (χ2v) is 9.23. The van der Waals surface area contributed by atoms with E-state index in [1.807, 2.05) is 0 Å². The van der Waals surface area contributed by atoms with E-state index in [1.54, 1.807) is 25.5 Å². The molecule has 1 aromatic heterocycles. The van der Waals surface area contributed by atoms with Crippen LogP contribution in [0.25, 0.3) is 11.3 Å². The first-order valence-electron chi connectivity index (χ1n) is 8.55. The van der Waals surface area contributed by atoms with Gasteiger partial charge in [0.1, 0.15) is 0 Å². The van der Waals surface area contributed by atoms with Crippen LogP contribution in [0.3, 0.4) is 0 Å². The van der Waals surface area contributed by atoms with Gasteiger partial charge in [-0.25, -0.2) is 8.42 Å². The van der Waals surface area contributed by atoms with Crippen molar-refractivity contribution in [3.8, 4) is 0 Å². The Morgan fingerprint density at radius 3 is 2.81 bits per heavy atom. The molecule has 1 unspecified atom stereocenters. The maximum absolute atomic E-state index is 13.0. The molecule has 4 rings (SSSR count). The van der Waals surface area contributed by atoms with Crippen molar-refractivity contribution < 1.29 is 13.2 Å². The number of hydrogen-bond donors (Lipinski definition) is 3. The number of nitrogens with two attached hydrogens (primary N) is 1. The van der Waals surface area contributed by atoms with Gasteiger partial charge in [-0.15, -0.1) is 0 Å². The van der Waals surface area contributed by atoms with Gasteiger partial charge in [0.25, 0.3) is 5.56 Å². The Balaban J connectivity index is 2.17. The van der Waals surface area contributed by atoms with E-state index in [9.17, 15) is 18.0 Å². The molecule has 3 aliphatic rings. The van der Waals surface area contributed by atoms with Crippen LogP contribution in [0.15, 0.2) is 40.0 Å². The first-order chi connectivity index (χ1) is 12.7. The van der Waals surface area contributed by atoms with E-state index in [0.29, 0.717) is 28.9 Å². The van der Waals surface area contributed by atoms with E-state index < -0.39 is 15.7 Å². The second kappa shape index (κ2) is 5.85. The van der Waals surface area contributed by atoms with Crippen molar-refractivity contribution in [2.24, 2.45) is 12.8 Å². The number of fused-ring (bicyclic) bond motifs is 2. The minimum absolute atomic E-state index is 0.0547. The summed E-state index contributed by atoms with van der Waals surface area (Å²) in [7, 11) is -1.85. The number of aromatic nitrogens is 1. The van der Waals surface area contributed by atoms with Gasteiger partial charge in [-0.05, 0) is 23.6 Å². The lowest BCUT2D eigenvalue weighted by Gasteiger charge is -2.26. The molecule has 0 saturated heterocycles. The Bertz CT molecular complexity index is 1140. The average molecular weight is 388 g/mol. The minimum Gasteiger partial charge on any atom is -0.384 e. The number of sulfone groups is 1. The van der Waals surface area contributed by atoms with Crippen molar-refractivity contribution >= 4 is 27.0 Å². The maximum atomic E-state index is 13.0. The molecule has 0 spiro atoms. The van der Waals surface area contributed by atoms with Crippen molar-refractivity contribution in [3.63, 3.8) is 0 Å². The predicted octanol–water partition coefficient (Wildman–Crippen LogP) is -0.757. The molecule has 0 aromatic carbocycles. The van der Waals surface area contributed by atoms with Crippen LogP contribution in [0.5, 0.6) is 0 Å². The zero-order valence-corrected chi connectivity index (χ0v) is 15.8. The SMILES string of the molecule is Cn1ccc2c(c1=O)C1=C3C(=CNC3CCN1)C(C(N)=O)=C2CS(C)(=O)=O. The van der Waals surface area contributed by atoms with Crippen LogP contribution < -0.4 is 21.9 Å². The molecule has 9 heteroatoms. The normalized spacial score (nSPS) is 21.0. The number of carbonyl (C=O) groups excluding carboxylic acids is 1. The number of primary amides is 1. The molecule has 3 heterocycles. The molecule has 142 valence electrons. The Morgan fingerprint density at radius 1 is 1.41 bits per heavy atom. The topological polar surface area (TPSA) is 123 Å². The van der Waals surface area contributed by atoms with Crippen LogP contribution >= 0.6 is 0 Å². The number of nitrogens with zero attached hydrogens (tertiary/aromatic N) is 1. The number of pyridine rings is 1. The molecule has 4 N–H and O–H groups in total. The number of aryl methyl sites for hydroxylation is 1. The Morgan fingerprint density at radius 2 is 2.15 bits per heavy atom. The molecule has 1 aliphatic carbocycles. The zero-order chi connectivity index (χ0) is 19.5. The van der Waals surface area contributed by atoms with E-state index in [1.165, 1.54) is 4.57 Å². The number of hydrogen-bond acceptors (Lipinski definition) is 6. The predicted molar refractivity (Wildman–Crippen MR) is 102 cm³/mol.